The van der Waals surface area contributed by atoms with Crippen molar-refractivity contribution in [1.29, 1.82) is 0 Å². The Morgan fingerprint density at radius 1 is 1.50 bits per heavy atom. The molecule has 5 heteroatoms. The lowest BCUT2D eigenvalue weighted by atomic mass is 9.96. The van der Waals surface area contributed by atoms with Crippen LogP contribution in [0.3, 0.4) is 0 Å². The normalized spacial score (nSPS) is 11.4. The number of nitrogens with zero attached hydrogens (tertiary/aromatic N) is 1. The van der Waals surface area contributed by atoms with Crippen LogP contribution in [0.4, 0.5) is 5.69 Å². The van der Waals surface area contributed by atoms with Gasteiger partial charge in [0.1, 0.15) is 0 Å². The van der Waals surface area contributed by atoms with Gasteiger partial charge in [-0.3, -0.25) is 10.1 Å². The van der Waals surface area contributed by atoms with E-state index in [-0.39, 0.29) is 5.69 Å². The summed E-state index contributed by atoms with van der Waals surface area (Å²) in [5, 5.41) is 10.5. The molecule has 0 saturated heterocycles. The van der Waals surface area contributed by atoms with Crippen molar-refractivity contribution in [2.24, 2.45) is 5.73 Å². The number of nitro groups is 1. The fraction of sp³-hybridized carbons (Fsp3) is 0.333. The molecule has 4 nitrogen and oxygen atoms in total. The molecule has 0 aliphatic rings. The van der Waals surface area contributed by atoms with E-state index in [0.29, 0.717) is 0 Å². The van der Waals surface area contributed by atoms with Gasteiger partial charge in [0.25, 0.3) is 5.69 Å². The molecule has 1 aromatic rings. The summed E-state index contributed by atoms with van der Waals surface area (Å²) in [6.07, 6.45) is 0. The molecule has 0 atom stereocenters. The van der Waals surface area contributed by atoms with Crippen LogP contribution in [0.5, 0.6) is 0 Å². The monoisotopic (exact) mass is 306 g/mol. The molecule has 1 aromatic carbocycles. The number of rotatable bonds is 2. The maximum atomic E-state index is 10.5. The number of halogens is 1. The van der Waals surface area contributed by atoms with Gasteiger partial charge in [0.15, 0.2) is 0 Å². The minimum atomic E-state index is -0.467. The molecule has 2 N–H and O–H groups in total. The second-order valence-electron chi connectivity index (χ2n) is 3.64. The molecular weight excluding hydrogens is 295 g/mol. The molecule has 0 aromatic heterocycles. The lowest BCUT2D eigenvalue weighted by Gasteiger charge is -2.20. The maximum Gasteiger partial charge on any atom is 0.270 e. The van der Waals surface area contributed by atoms with Crippen LogP contribution < -0.4 is 5.73 Å². The average Bonchev–Trinajstić information content (AvgIpc) is 2.01. The van der Waals surface area contributed by atoms with E-state index in [1.807, 2.05) is 13.8 Å². The van der Waals surface area contributed by atoms with Crippen LogP contribution in [0, 0.1) is 13.7 Å². The number of nitro benzene ring substituents is 1. The third kappa shape index (κ3) is 2.42. The topological polar surface area (TPSA) is 69.2 Å². The lowest BCUT2D eigenvalue weighted by molar-refractivity contribution is -0.385. The van der Waals surface area contributed by atoms with E-state index in [2.05, 4.69) is 22.6 Å². The van der Waals surface area contributed by atoms with Gasteiger partial charge in [-0.05, 0) is 48.1 Å². The van der Waals surface area contributed by atoms with Gasteiger partial charge < -0.3 is 5.73 Å². The summed E-state index contributed by atoms with van der Waals surface area (Å²) in [7, 11) is 0. The van der Waals surface area contributed by atoms with Crippen molar-refractivity contribution in [2.45, 2.75) is 19.4 Å². The van der Waals surface area contributed by atoms with Gasteiger partial charge in [0.05, 0.1) is 4.92 Å². The Balaban J connectivity index is 3.21. The zero-order valence-corrected chi connectivity index (χ0v) is 10.1. The second kappa shape index (κ2) is 3.82. The second-order valence-corrected chi connectivity index (χ2v) is 4.81. The van der Waals surface area contributed by atoms with Crippen LogP contribution in [0.1, 0.15) is 19.4 Å². The van der Waals surface area contributed by atoms with E-state index in [9.17, 15) is 10.1 Å². The largest absolute Gasteiger partial charge is 0.322 e. The summed E-state index contributed by atoms with van der Waals surface area (Å²) in [4.78, 5) is 10.1. The first-order valence-electron chi connectivity index (χ1n) is 4.05. The highest BCUT2D eigenvalue weighted by atomic mass is 127. The molecule has 76 valence electrons. The Labute approximate surface area is 95.8 Å². The van der Waals surface area contributed by atoms with Crippen molar-refractivity contribution in [1.82, 2.24) is 0 Å². The van der Waals surface area contributed by atoms with E-state index in [1.54, 1.807) is 6.07 Å². The standard InChI is InChI=1S/C9H11IN2O2/c1-9(2,11)7-4-3-6(12(13)14)5-8(7)10/h3-5H,11H2,1-2H3. The summed E-state index contributed by atoms with van der Waals surface area (Å²) >= 11 is 2.06. The first kappa shape index (κ1) is 11.4. The van der Waals surface area contributed by atoms with Crippen molar-refractivity contribution in [3.05, 3.63) is 37.4 Å². The highest BCUT2D eigenvalue weighted by Gasteiger charge is 2.19. The Hall–Kier alpha value is -0.690. The molecule has 0 heterocycles. The minimum absolute atomic E-state index is 0.0994. The molecule has 0 unspecified atom stereocenters. The molecule has 0 amide bonds. The van der Waals surface area contributed by atoms with Gasteiger partial charge in [-0.1, -0.05) is 0 Å². The molecule has 0 bridgehead atoms. The summed E-state index contributed by atoms with van der Waals surface area (Å²) in [6.45, 7) is 3.74. The SMILES string of the molecule is CC(C)(N)c1ccc([N+](=O)[O-])cc1I. The zero-order chi connectivity index (χ0) is 10.9. The summed E-state index contributed by atoms with van der Waals surface area (Å²) in [6, 6.07) is 4.72. The number of hydrogen-bond donors (Lipinski definition) is 1. The Kier molecular flexibility index (Phi) is 3.10. The van der Waals surface area contributed by atoms with Crippen LogP contribution in [0.2, 0.25) is 0 Å². The van der Waals surface area contributed by atoms with Crippen LogP contribution in [-0.2, 0) is 5.54 Å². The van der Waals surface area contributed by atoms with Crippen molar-refractivity contribution in [3.63, 3.8) is 0 Å². The lowest BCUT2D eigenvalue weighted by Crippen LogP contribution is -2.29. The quantitative estimate of drug-likeness (QED) is 0.518. The van der Waals surface area contributed by atoms with Crippen molar-refractivity contribution >= 4 is 28.3 Å². The molecule has 0 aliphatic carbocycles. The predicted octanol–water partition coefficient (Wildman–Crippen LogP) is 2.39. The minimum Gasteiger partial charge on any atom is -0.322 e. The summed E-state index contributed by atoms with van der Waals surface area (Å²) < 4.78 is 0.823. The van der Waals surface area contributed by atoms with Gasteiger partial charge in [0, 0.05) is 21.2 Å². The highest BCUT2D eigenvalue weighted by molar-refractivity contribution is 14.1. The molecule has 0 spiro atoms. The first-order chi connectivity index (χ1) is 6.32. The molecule has 14 heavy (non-hydrogen) atoms. The molecule has 0 fully saturated rings. The van der Waals surface area contributed by atoms with E-state index in [4.69, 9.17) is 5.73 Å². The predicted molar refractivity (Wildman–Crippen MR) is 63.0 cm³/mol. The first-order valence-corrected chi connectivity index (χ1v) is 5.13. The number of benzene rings is 1. The Morgan fingerprint density at radius 3 is 2.43 bits per heavy atom. The fourth-order valence-electron chi connectivity index (χ4n) is 1.14. The molecule has 0 saturated carbocycles. The molecule has 0 aliphatic heterocycles. The van der Waals surface area contributed by atoms with Crippen LogP contribution in [0.15, 0.2) is 18.2 Å². The van der Waals surface area contributed by atoms with Crippen molar-refractivity contribution < 1.29 is 4.92 Å². The zero-order valence-electron chi connectivity index (χ0n) is 7.95. The summed E-state index contributed by atoms with van der Waals surface area (Å²) in [5.74, 6) is 0. The van der Waals surface area contributed by atoms with E-state index in [0.717, 1.165) is 9.13 Å². The fourth-order valence-corrected chi connectivity index (χ4v) is 2.33. The van der Waals surface area contributed by atoms with Crippen LogP contribution in [-0.4, -0.2) is 4.92 Å². The highest BCUT2D eigenvalue weighted by Crippen LogP contribution is 2.26. The van der Waals surface area contributed by atoms with E-state index >= 15 is 0 Å². The van der Waals surface area contributed by atoms with Gasteiger partial charge in [0.2, 0.25) is 0 Å². The Morgan fingerprint density at radius 2 is 2.07 bits per heavy atom. The molecule has 1 rings (SSSR count). The number of non-ortho nitro benzene ring substituents is 1. The smallest absolute Gasteiger partial charge is 0.270 e. The third-order valence-corrected chi connectivity index (χ3v) is 2.75. The van der Waals surface area contributed by atoms with Crippen molar-refractivity contribution in [2.75, 3.05) is 0 Å². The van der Waals surface area contributed by atoms with Crippen LogP contribution >= 0.6 is 22.6 Å². The average molecular weight is 306 g/mol. The molecular formula is C9H11IN2O2. The van der Waals surface area contributed by atoms with Gasteiger partial charge in [-0.2, -0.15) is 0 Å². The van der Waals surface area contributed by atoms with Gasteiger partial charge in [-0.15, -0.1) is 0 Å². The van der Waals surface area contributed by atoms with Crippen molar-refractivity contribution in [3.8, 4) is 0 Å². The van der Waals surface area contributed by atoms with E-state index < -0.39 is 10.5 Å². The maximum absolute atomic E-state index is 10.5. The summed E-state index contributed by atoms with van der Waals surface area (Å²) in [5.41, 5.74) is 6.46. The Bertz CT molecular complexity index is 372. The third-order valence-electron chi connectivity index (χ3n) is 1.86. The van der Waals surface area contributed by atoms with Gasteiger partial charge >= 0.3 is 0 Å². The van der Waals surface area contributed by atoms with Crippen LogP contribution in [0.25, 0.3) is 0 Å². The number of hydrogen-bond acceptors (Lipinski definition) is 3. The molecule has 0 radical (unpaired) electrons. The van der Waals surface area contributed by atoms with Gasteiger partial charge in [-0.25, -0.2) is 0 Å². The van der Waals surface area contributed by atoms with E-state index in [1.165, 1.54) is 12.1 Å². The number of nitrogens with two attached hydrogens (primary N) is 1.